The fourth-order valence-corrected chi connectivity index (χ4v) is 3.87. The summed E-state index contributed by atoms with van der Waals surface area (Å²) in [5.74, 6) is 1.30. The summed E-state index contributed by atoms with van der Waals surface area (Å²) in [6, 6.07) is 16.0. The van der Waals surface area contributed by atoms with Gasteiger partial charge in [-0.25, -0.2) is 4.98 Å². The van der Waals surface area contributed by atoms with Gasteiger partial charge in [0, 0.05) is 18.5 Å². The van der Waals surface area contributed by atoms with Gasteiger partial charge >= 0.3 is 5.97 Å². The first-order valence-electron chi connectivity index (χ1n) is 10.7. The van der Waals surface area contributed by atoms with E-state index in [9.17, 15) is 4.79 Å². The lowest BCUT2D eigenvalue weighted by atomic mass is 10.1. The van der Waals surface area contributed by atoms with Crippen LogP contribution in [0.1, 0.15) is 29.7 Å². The monoisotopic (exact) mass is 420 g/mol. The molecule has 0 N–H and O–H groups in total. The van der Waals surface area contributed by atoms with Crippen molar-refractivity contribution in [2.24, 2.45) is 0 Å². The van der Waals surface area contributed by atoms with Crippen molar-refractivity contribution in [1.82, 2.24) is 9.88 Å². The molecule has 0 saturated carbocycles. The predicted octanol–water partition coefficient (Wildman–Crippen LogP) is 4.41. The number of nitrogens with zero attached hydrogens (tertiary/aromatic N) is 2. The minimum atomic E-state index is -0.143. The van der Waals surface area contributed by atoms with Crippen LogP contribution in [0.2, 0.25) is 0 Å². The SMILES string of the molecule is COC(=O)C1CCCN1Cc1ccc(OCCc2coc(-c3ccc(C)cc3)n2)cc1. The zero-order chi connectivity index (χ0) is 21.6. The summed E-state index contributed by atoms with van der Waals surface area (Å²) in [7, 11) is 1.45. The molecule has 1 aliphatic rings. The maximum absolute atomic E-state index is 11.9. The fraction of sp³-hybridized carbons (Fsp3) is 0.360. The predicted molar refractivity (Wildman–Crippen MR) is 118 cm³/mol. The zero-order valence-corrected chi connectivity index (χ0v) is 18.0. The highest BCUT2D eigenvalue weighted by molar-refractivity contribution is 5.76. The van der Waals surface area contributed by atoms with Gasteiger partial charge in [0.1, 0.15) is 18.1 Å². The summed E-state index contributed by atoms with van der Waals surface area (Å²) in [4.78, 5) is 18.6. The molecule has 1 fully saturated rings. The van der Waals surface area contributed by atoms with Gasteiger partial charge in [-0.05, 0) is 56.1 Å². The highest BCUT2D eigenvalue weighted by Crippen LogP contribution is 2.23. The first-order valence-corrected chi connectivity index (χ1v) is 10.7. The molecule has 4 rings (SSSR count). The molecule has 1 saturated heterocycles. The Bertz CT molecular complexity index is 995. The summed E-state index contributed by atoms with van der Waals surface area (Å²) < 4.78 is 16.4. The number of aromatic nitrogens is 1. The van der Waals surface area contributed by atoms with Crippen molar-refractivity contribution in [3.8, 4) is 17.2 Å². The van der Waals surface area contributed by atoms with E-state index in [0.29, 0.717) is 18.9 Å². The highest BCUT2D eigenvalue weighted by atomic mass is 16.5. The van der Waals surface area contributed by atoms with Crippen molar-refractivity contribution >= 4 is 5.97 Å². The average Bonchev–Trinajstić information content (AvgIpc) is 3.45. The lowest BCUT2D eigenvalue weighted by Gasteiger charge is -2.22. The van der Waals surface area contributed by atoms with Crippen LogP contribution in [-0.4, -0.2) is 42.2 Å². The van der Waals surface area contributed by atoms with Crippen LogP contribution in [0.5, 0.6) is 5.75 Å². The molecule has 3 aromatic rings. The second kappa shape index (κ2) is 9.79. The van der Waals surface area contributed by atoms with Gasteiger partial charge in [0.25, 0.3) is 0 Å². The smallest absolute Gasteiger partial charge is 0.323 e. The van der Waals surface area contributed by atoms with Crippen LogP contribution >= 0.6 is 0 Å². The Morgan fingerprint density at radius 1 is 1.16 bits per heavy atom. The third-order valence-corrected chi connectivity index (χ3v) is 5.62. The number of oxazole rings is 1. The number of methoxy groups -OCH3 is 1. The lowest BCUT2D eigenvalue weighted by molar-refractivity contribution is -0.146. The number of carbonyl (C=O) groups is 1. The van der Waals surface area contributed by atoms with E-state index in [4.69, 9.17) is 13.9 Å². The Kier molecular flexibility index (Phi) is 6.67. The normalized spacial score (nSPS) is 16.4. The van der Waals surface area contributed by atoms with Gasteiger partial charge in [0.2, 0.25) is 5.89 Å². The van der Waals surface area contributed by atoms with Crippen molar-refractivity contribution in [3.63, 3.8) is 0 Å². The van der Waals surface area contributed by atoms with E-state index in [1.54, 1.807) is 6.26 Å². The Balaban J connectivity index is 1.26. The summed E-state index contributed by atoms with van der Waals surface area (Å²) >= 11 is 0. The standard InChI is InChI=1S/C25H28N2O4/c1-18-5-9-20(10-6-18)24-26-21(17-31-24)13-15-30-22-11-7-19(8-12-22)16-27-14-3-4-23(27)25(28)29-2/h5-12,17,23H,3-4,13-16H2,1-2H3. The maximum atomic E-state index is 11.9. The average molecular weight is 421 g/mol. The van der Waals surface area contributed by atoms with Crippen molar-refractivity contribution < 1.29 is 18.7 Å². The van der Waals surface area contributed by atoms with Crippen LogP contribution < -0.4 is 4.74 Å². The van der Waals surface area contributed by atoms with E-state index >= 15 is 0 Å². The van der Waals surface area contributed by atoms with Gasteiger partial charge in [-0.3, -0.25) is 9.69 Å². The number of aryl methyl sites for hydroxylation is 1. The van der Waals surface area contributed by atoms with E-state index in [1.165, 1.54) is 12.7 Å². The van der Waals surface area contributed by atoms with Crippen molar-refractivity contribution in [2.75, 3.05) is 20.3 Å². The molecule has 1 aliphatic heterocycles. The summed E-state index contributed by atoms with van der Waals surface area (Å²) in [5, 5.41) is 0. The van der Waals surface area contributed by atoms with E-state index < -0.39 is 0 Å². The Morgan fingerprint density at radius 3 is 2.68 bits per heavy atom. The molecule has 0 radical (unpaired) electrons. The minimum absolute atomic E-state index is 0.131. The topological polar surface area (TPSA) is 64.8 Å². The van der Waals surface area contributed by atoms with Crippen molar-refractivity contribution in [1.29, 1.82) is 0 Å². The van der Waals surface area contributed by atoms with Crippen LogP contribution in [0.3, 0.4) is 0 Å². The number of carbonyl (C=O) groups excluding carboxylic acids is 1. The van der Waals surface area contributed by atoms with E-state index in [1.807, 2.05) is 48.5 Å². The van der Waals surface area contributed by atoms with Crippen molar-refractivity contribution in [2.45, 2.75) is 38.8 Å². The van der Waals surface area contributed by atoms with Gasteiger partial charge in [-0.15, -0.1) is 0 Å². The van der Waals surface area contributed by atoms with Gasteiger partial charge in [-0.2, -0.15) is 0 Å². The third kappa shape index (κ3) is 5.33. The molecule has 162 valence electrons. The fourth-order valence-electron chi connectivity index (χ4n) is 3.87. The van der Waals surface area contributed by atoms with Crippen LogP contribution in [0.25, 0.3) is 11.5 Å². The van der Waals surface area contributed by atoms with Gasteiger partial charge < -0.3 is 13.9 Å². The molecule has 1 aromatic heterocycles. The van der Waals surface area contributed by atoms with Crippen LogP contribution in [-0.2, 0) is 22.5 Å². The highest BCUT2D eigenvalue weighted by Gasteiger charge is 2.31. The van der Waals surface area contributed by atoms with Gasteiger partial charge in [-0.1, -0.05) is 29.8 Å². The number of hydrogen-bond acceptors (Lipinski definition) is 6. The molecule has 6 heteroatoms. The number of ether oxygens (including phenoxy) is 2. The quantitative estimate of drug-likeness (QED) is 0.503. The Hall–Kier alpha value is -3.12. The molecule has 6 nitrogen and oxygen atoms in total. The zero-order valence-electron chi connectivity index (χ0n) is 18.0. The molecule has 0 aliphatic carbocycles. The van der Waals surface area contributed by atoms with Crippen LogP contribution in [0.15, 0.2) is 59.2 Å². The van der Waals surface area contributed by atoms with Crippen molar-refractivity contribution in [3.05, 3.63) is 71.6 Å². The number of likely N-dealkylation sites (tertiary alicyclic amines) is 1. The number of rotatable bonds is 8. The second-order valence-electron chi connectivity index (χ2n) is 7.90. The Morgan fingerprint density at radius 2 is 1.94 bits per heavy atom. The molecule has 1 unspecified atom stereocenters. The molecule has 0 amide bonds. The van der Waals surface area contributed by atoms with Gasteiger partial charge in [0.05, 0.1) is 19.4 Å². The number of hydrogen-bond donors (Lipinski definition) is 0. The molecule has 31 heavy (non-hydrogen) atoms. The first-order chi connectivity index (χ1) is 15.1. The third-order valence-electron chi connectivity index (χ3n) is 5.62. The summed E-state index contributed by atoms with van der Waals surface area (Å²) in [5.41, 5.74) is 4.21. The molecular formula is C25H28N2O4. The minimum Gasteiger partial charge on any atom is -0.493 e. The molecule has 2 heterocycles. The number of esters is 1. The maximum Gasteiger partial charge on any atom is 0.323 e. The lowest BCUT2D eigenvalue weighted by Crippen LogP contribution is -2.36. The Labute approximate surface area is 182 Å². The molecule has 0 bridgehead atoms. The summed E-state index contributed by atoms with van der Waals surface area (Å²) in [6.45, 7) is 4.23. The second-order valence-corrected chi connectivity index (χ2v) is 7.90. The number of benzene rings is 2. The van der Waals surface area contributed by atoms with E-state index in [-0.39, 0.29) is 12.0 Å². The van der Waals surface area contributed by atoms with Crippen LogP contribution in [0, 0.1) is 6.92 Å². The van der Waals surface area contributed by atoms with Crippen LogP contribution in [0.4, 0.5) is 0 Å². The van der Waals surface area contributed by atoms with E-state index in [0.717, 1.165) is 48.5 Å². The first kappa shape index (κ1) is 21.1. The van der Waals surface area contributed by atoms with Gasteiger partial charge in [0.15, 0.2) is 0 Å². The molecule has 0 spiro atoms. The molecule has 2 aromatic carbocycles. The summed E-state index contributed by atoms with van der Waals surface area (Å²) in [6.07, 6.45) is 4.25. The molecular weight excluding hydrogens is 392 g/mol. The largest absolute Gasteiger partial charge is 0.493 e. The molecule has 1 atom stereocenters. The van der Waals surface area contributed by atoms with E-state index in [2.05, 4.69) is 16.8 Å².